The minimum absolute atomic E-state index is 0.0502. The van der Waals surface area contributed by atoms with Crippen LogP contribution < -0.4 is 10.1 Å². The smallest absolute Gasteiger partial charge is 0.387 e. The van der Waals surface area contributed by atoms with Crippen LogP contribution in [0.1, 0.15) is 23.4 Å². The Morgan fingerprint density at radius 3 is 2.81 bits per heavy atom. The van der Waals surface area contributed by atoms with E-state index in [1.165, 1.54) is 28.4 Å². The molecular weight excluding hydrogens is 364 g/mol. The fraction of sp³-hybridized carbons (Fsp3) is 0.353. The number of hydrogen-bond donors (Lipinski definition) is 1. The predicted octanol–water partition coefficient (Wildman–Crippen LogP) is 2.55. The van der Waals surface area contributed by atoms with E-state index in [-0.39, 0.29) is 24.1 Å². The summed E-state index contributed by atoms with van der Waals surface area (Å²) in [6, 6.07) is 5.50. The van der Waals surface area contributed by atoms with Gasteiger partial charge in [-0.3, -0.25) is 9.59 Å². The molecular formula is C17H17F2N3O3S. The third kappa shape index (κ3) is 4.54. The molecule has 1 N–H and O–H groups in total. The molecule has 1 atom stereocenters. The molecule has 2 aromatic rings. The van der Waals surface area contributed by atoms with Crippen molar-refractivity contribution in [2.45, 2.75) is 38.6 Å². The van der Waals surface area contributed by atoms with Crippen molar-refractivity contribution in [2.24, 2.45) is 0 Å². The lowest BCUT2D eigenvalue weighted by Crippen LogP contribution is -2.44. The Kier molecular flexibility index (Phi) is 5.77. The molecule has 2 heterocycles. The van der Waals surface area contributed by atoms with Crippen LogP contribution in [0.3, 0.4) is 0 Å². The van der Waals surface area contributed by atoms with Crippen molar-refractivity contribution in [3.05, 3.63) is 46.4 Å². The number of halogens is 2. The van der Waals surface area contributed by atoms with Gasteiger partial charge in [0, 0.05) is 24.5 Å². The number of rotatable bonds is 7. The standard InChI is InChI=1S/C17H17F2N3O3S/c18-17(19)25-12-3-1-11(2-4-12)10-22-13(5-6-15(22)23)16(24)21-9-14-20-7-8-26-14/h1-4,7-8,13,17H,5-6,9-10H2,(H,21,24)/t13-/m0/s1. The highest BCUT2D eigenvalue weighted by Crippen LogP contribution is 2.23. The number of carbonyl (C=O) groups is 2. The molecule has 0 spiro atoms. The molecule has 1 aliphatic heterocycles. The summed E-state index contributed by atoms with van der Waals surface area (Å²) in [6.07, 6.45) is 2.43. The second kappa shape index (κ2) is 8.22. The van der Waals surface area contributed by atoms with Crippen LogP contribution in [-0.2, 0) is 22.7 Å². The van der Waals surface area contributed by atoms with Crippen LogP contribution in [0.4, 0.5) is 8.78 Å². The number of thiazole rings is 1. The lowest BCUT2D eigenvalue weighted by Gasteiger charge is -2.24. The maximum Gasteiger partial charge on any atom is 0.387 e. The van der Waals surface area contributed by atoms with Crippen LogP contribution in [0.5, 0.6) is 5.75 Å². The Morgan fingerprint density at radius 2 is 2.15 bits per heavy atom. The molecule has 2 amide bonds. The summed E-state index contributed by atoms with van der Waals surface area (Å²) < 4.78 is 28.7. The highest BCUT2D eigenvalue weighted by molar-refractivity contribution is 7.09. The first kappa shape index (κ1) is 18.2. The van der Waals surface area contributed by atoms with Gasteiger partial charge < -0.3 is 15.0 Å². The van der Waals surface area contributed by atoms with Crippen molar-refractivity contribution >= 4 is 23.2 Å². The Labute approximate surface area is 152 Å². The summed E-state index contributed by atoms with van der Waals surface area (Å²) >= 11 is 1.45. The van der Waals surface area contributed by atoms with Gasteiger partial charge in [0.25, 0.3) is 0 Å². The van der Waals surface area contributed by atoms with Crippen molar-refractivity contribution in [3.8, 4) is 5.75 Å². The van der Waals surface area contributed by atoms with Gasteiger partial charge in [-0.05, 0) is 24.1 Å². The van der Waals surface area contributed by atoms with Crippen LogP contribution in [0, 0.1) is 0 Å². The number of alkyl halides is 2. The van der Waals surface area contributed by atoms with E-state index >= 15 is 0 Å². The first-order valence-corrected chi connectivity index (χ1v) is 8.90. The molecule has 26 heavy (non-hydrogen) atoms. The Balaban J connectivity index is 1.61. The molecule has 0 radical (unpaired) electrons. The quantitative estimate of drug-likeness (QED) is 0.800. The van der Waals surface area contributed by atoms with Crippen LogP contribution >= 0.6 is 11.3 Å². The topological polar surface area (TPSA) is 71.5 Å². The molecule has 3 rings (SSSR count). The van der Waals surface area contributed by atoms with Crippen molar-refractivity contribution in [1.82, 2.24) is 15.2 Å². The lowest BCUT2D eigenvalue weighted by molar-refractivity contribution is -0.135. The van der Waals surface area contributed by atoms with Gasteiger partial charge >= 0.3 is 6.61 Å². The zero-order chi connectivity index (χ0) is 18.5. The molecule has 1 aromatic carbocycles. The molecule has 6 nitrogen and oxygen atoms in total. The third-order valence-electron chi connectivity index (χ3n) is 4.03. The van der Waals surface area contributed by atoms with E-state index in [0.29, 0.717) is 19.4 Å². The Bertz CT molecular complexity index is 753. The molecule has 0 aliphatic carbocycles. The summed E-state index contributed by atoms with van der Waals surface area (Å²) in [6.45, 7) is -2.32. The number of hydrogen-bond acceptors (Lipinski definition) is 5. The van der Waals surface area contributed by atoms with Crippen LogP contribution in [0.25, 0.3) is 0 Å². The molecule has 138 valence electrons. The van der Waals surface area contributed by atoms with Crippen molar-refractivity contribution < 1.29 is 23.1 Å². The van der Waals surface area contributed by atoms with Gasteiger partial charge in [-0.15, -0.1) is 11.3 Å². The van der Waals surface area contributed by atoms with Gasteiger partial charge in [0.05, 0.1) is 6.54 Å². The first-order chi connectivity index (χ1) is 12.5. The normalized spacial score (nSPS) is 17.0. The van der Waals surface area contributed by atoms with Crippen molar-refractivity contribution in [3.63, 3.8) is 0 Å². The number of amides is 2. The molecule has 1 aromatic heterocycles. The van der Waals surface area contributed by atoms with E-state index in [2.05, 4.69) is 15.0 Å². The molecule has 9 heteroatoms. The van der Waals surface area contributed by atoms with Crippen LogP contribution in [-0.4, -0.2) is 34.4 Å². The average Bonchev–Trinajstić information content (AvgIpc) is 3.25. The minimum atomic E-state index is -2.88. The van der Waals surface area contributed by atoms with E-state index in [9.17, 15) is 18.4 Å². The van der Waals surface area contributed by atoms with Gasteiger partial charge in [0.15, 0.2) is 0 Å². The lowest BCUT2D eigenvalue weighted by atomic mass is 10.1. The van der Waals surface area contributed by atoms with Gasteiger partial charge in [-0.1, -0.05) is 12.1 Å². The van der Waals surface area contributed by atoms with E-state index in [1.807, 2.05) is 5.38 Å². The number of benzene rings is 1. The number of nitrogens with one attached hydrogen (secondary N) is 1. The van der Waals surface area contributed by atoms with E-state index in [0.717, 1.165) is 10.6 Å². The Hall–Kier alpha value is -2.55. The third-order valence-corrected chi connectivity index (χ3v) is 4.81. The molecule has 0 bridgehead atoms. The van der Waals surface area contributed by atoms with Gasteiger partial charge in [0.1, 0.15) is 16.8 Å². The maximum absolute atomic E-state index is 12.4. The van der Waals surface area contributed by atoms with Crippen LogP contribution in [0.15, 0.2) is 35.8 Å². The van der Waals surface area contributed by atoms with E-state index in [4.69, 9.17) is 0 Å². The van der Waals surface area contributed by atoms with E-state index < -0.39 is 12.7 Å². The number of nitrogens with zero attached hydrogens (tertiary/aromatic N) is 2. The SMILES string of the molecule is O=C(NCc1nccs1)[C@@H]1CCC(=O)N1Cc1ccc(OC(F)F)cc1. The number of aromatic nitrogens is 1. The van der Waals surface area contributed by atoms with Gasteiger partial charge in [-0.2, -0.15) is 8.78 Å². The maximum atomic E-state index is 12.4. The monoisotopic (exact) mass is 381 g/mol. The van der Waals surface area contributed by atoms with Gasteiger partial charge in [0.2, 0.25) is 11.8 Å². The predicted molar refractivity (Wildman–Crippen MR) is 90.6 cm³/mol. The Morgan fingerprint density at radius 1 is 1.38 bits per heavy atom. The highest BCUT2D eigenvalue weighted by Gasteiger charge is 2.35. The fourth-order valence-corrected chi connectivity index (χ4v) is 3.35. The van der Waals surface area contributed by atoms with Crippen molar-refractivity contribution in [2.75, 3.05) is 0 Å². The largest absolute Gasteiger partial charge is 0.435 e. The molecule has 1 fully saturated rings. The van der Waals surface area contributed by atoms with Gasteiger partial charge in [-0.25, -0.2) is 4.98 Å². The summed E-state index contributed by atoms with van der Waals surface area (Å²) in [7, 11) is 0. The first-order valence-electron chi connectivity index (χ1n) is 8.02. The zero-order valence-corrected chi connectivity index (χ0v) is 14.5. The summed E-state index contributed by atoms with van der Waals surface area (Å²) in [5.74, 6) is -0.273. The second-order valence-electron chi connectivity index (χ2n) is 5.74. The molecule has 0 unspecified atom stereocenters. The number of ether oxygens (including phenoxy) is 1. The summed E-state index contributed by atoms with van der Waals surface area (Å²) in [4.78, 5) is 30.2. The number of carbonyl (C=O) groups excluding carboxylic acids is 2. The molecule has 1 aliphatic rings. The fourth-order valence-electron chi connectivity index (χ4n) is 2.80. The van der Waals surface area contributed by atoms with Crippen LogP contribution in [0.2, 0.25) is 0 Å². The minimum Gasteiger partial charge on any atom is -0.435 e. The number of likely N-dealkylation sites (tertiary alicyclic amines) is 1. The molecule has 0 saturated carbocycles. The zero-order valence-electron chi connectivity index (χ0n) is 13.7. The highest BCUT2D eigenvalue weighted by atomic mass is 32.1. The molecule has 1 saturated heterocycles. The van der Waals surface area contributed by atoms with Crippen molar-refractivity contribution in [1.29, 1.82) is 0 Å². The summed E-state index contributed by atoms with van der Waals surface area (Å²) in [5.41, 5.74) is 0.736. The summed E-state index contributed by atoms with van der Waals surface area (Å²) in [5, 5.41) is 5.43. The second-order valence-corrected chi connectivity index (χ2v) is 6.72. The van der Waals surface area contributed by atoms with E-state index in [1.54, 1.807) is 18.3 Å². The average molecular weight is 381 g/mol.